The van der Waals surface area contributed by atoms with E-state index in [0.717, 1.165) is 42.3 Å². The Morgan fingerprint density at radius 2 is 1.78 bits per heavy atom. The monoisotopic (exact) mass is 387 g/mol. The summed E-state index contributed by atoms with van der Waals surface area (Å²) in [5.74, 6) is 0.870. The van der Waals surface area contributed by atoms with Crippen molar-refractivity contribution in [2.75, 3.05) is 5.75 Å². The van der Waals surface area contributed by atoms with E-state index in [1.54, 1.807) is 13.8 Å². The molecule has 1 aromatic heterocycles. The number of carbonyl (C=O) groups excluding carboxylic acids is 1. The third kappa shape index (κ3) is 5.16. The van der Waals surface area contributed by atoms with Crippen molar-refractivity contribution < 1.29 is 13.2 Å². The number of fused-ring (bicyclic) bond motifs is 1. The van der Waals surface area contributed by atoms with Gasteiger partial charge in [-0.25, -0.2) is 8.42 Å². The van der Waals surface area contributed by atoms with Gasteiger partial charge >= 0.3 is 0 Å². The molecule has 4 nitrogen and oxygen atoms in total. The first-order chi connectivity index (χ1) is 12.8. The Balaban J connectivity index is 1.49. The summed E-state index contributed by atoms with van der Waals surface area (Å²) in [6.45, 7) is 3.48. The molecule has 0 bridgehead atoms. The topological polar surface area (TPSA) is 64.1 Å². The molecule has 0 aliphatic heterocycles. The van der Waals surface area contributed by atoms with Gasteiger partial charge < -0.3 is 0 Å². The smallest absolute Gasteiger partial charge is 0.152 e. The molecular weight excluding hydrogens is 358 g/mol. The van der Waals surface area contributed by atoms with Gasteiger partial charge in [-0.1, -0.05) is 24.3 Å². The molecule has 3 rings (SSSR count). The summed E-state index contributed by atoms with van der Waals surface area (Å²) < 4.78 is 24.2. The van der Waals surface area contributed by atoms with Crippen molar-refractivity contribution in [1.82, 2.24) is 4.98 Å². The normalized spacial score (nSPS) is 20.9. The van der Waals surface area contributed by atoms with Crippen LogP contribution in [0.5, 0.6) is 0 Å². The van der Waals surface area contributed by atoms with Crippen molar-refractivity contribution >= 4 is 26.5 Å². The molecule has 1 aliphatic rings. The summed E-state index contributed by atoms with van der Waals surface area (Å²) in [4.78, 5) is 17.2. The van der Waals surface area contributed by atoms with Crippen LogP contribution in [0, 0.1) is 11.8 Å². The number of ketones is 1. The number of para-hydroxylation sites is 1. The molecule has 0 unspecified atom stereocenters. The van der Waals surface area contributed by atoms with Crippen LogP contribution >= 0.6 is 0 Å². The fourth-order valence-corrected chi connectivity index (χ4v) is 5.25. The van der Waals surface area contributed by atoms with Crippen LogP contribution in [0.15, 0.2) is 36.4 Å². The van der Waals surface area contributed by atoms with Crippen molar-refractivity contribution in [3.63, 3.8) is 0 Å². The summed E-state index contributed by atoms with van der Waals surface area (Å²) in [5, 5.41) is 0.800. The number of hydrogen-bond acceptors (Lipinski definition) is 4. The van der Waals surface area contributed by atoms with Gasteiger partial charge in [-0.2, -0.15) is 0 Å². The van der Waals surface area contributed by atoms with E-state index in [0.29, 0.717) is 18.6 Å². The summed E-state index contributed by atoms with van der Waals surface area (Å²) in [7, 11) is -2.99. The van der Waals surface area contributed by atoms with E-state index in [9.17, 15) is 13.2 Å². The number of aromatic nitrogens is 1. The van der Waals surface area contributed by atoms with Crippen molar-refractivity contribution in [3.8, 4) is 0 Å². The van der Waals surface area contributed by atoms with Gasteiger partial charge in [0.15, 0.2) is 9.84 Å². The fourth-order valence-electron chi connectivity index (χ4n) is 3.87. The van der Waals surface area contributed by atoms with Gasteiger partial charge in [0.1, 0.15) is 5.78 Å². The highest BCUT2D eigenvalue weighted by Gasteiger charge is 2.29. The number of Topliss-reactive ketones (excluding diaryl/α,β-unsaturated/α-hetero) is 1. The zero-order chi connectivity index (χ0) is 19.4. The van der Waals surface area contributed by atoms with Gasteiger partial charge in [-0.05, 0) is 64.0 Å². The van der Waals surface area contributed by atoms with Gasteiger partial charge in [0.25, 0.3) is 0 Å². The first-order valence-electron chi connectivity index (χ1n) is 9.94. The number of carbonyl (C=O) groups is 1. The van der Waals surface area contributed by atoms with Crippen LogP contribution in [0.2, 0.25) is 0 Å². The lowest BCUT2D eigenvalue weighted by Gasteiger charge is -2.28. The van der Waals surface area contributed by atoms with Crippen LogP contribution in [0.4, 0.5) is 0 Å². The number of nitrogens with zero attached hydrogens (tertiary/aromatic N) is 1. The van der Waals surface area contributed by atoms with Crippen molar-refractivity contribution in [2.24, 2.45) is 11.8 Å². The van der Waals surface area contributed by atoms with Crippen LogP contribution < -0.4 is 0 Å². The van der Waals surface area contributed by atoms with Crippen LogP contribution in [-0.4, -0.2) is 30.2 Å². The third-order valence-electron chi connectivity index (χ3n) is 5.77. The van der Waals surface area contributed by atoms with E-state index < -0.39 is 9.84 Å². The second kappa shape index (κ2) is 8.51. The molecule has 1 saturated carbocycles. The maximum atomic E-state index is 12.6. The molecule has 1 aromatic carbocycles. The quantitative estimate of drug-likeness (QED) is 0.708. The minimum atomic E-state index is -2.99. The number of benzene rings is 1. The maximum Gasteiger partial charge on any atom is 0.152 e. The Bertz CT molecular complexity index is 897. The molecule has 27 heavy (non-hydrogen) atoms. The maximum absolute atomic E-state index is 12.6. The number of aryl methyl sites for hydroxylation is 1. The molecule has 1 aliphatic carbocycles. The van der Waals surface area contributed by atoms with Gasteiger partial charge in [0.05, 0.1) is 16.5 Å². The third-order valence-corrected chi connectivity index (χ3v) is 8.14. The highest BCUT2D eigenvalue weighted by atomic mass is 32.2. The lowest BCUT2D eigenvalue weighted by molar-refractivity contribution is -0.124. The molecule has 1 fully saturated rings. The Kier molecular flexibility index (Phi) is 6.30. The number of pyridine rings is 1. The standard InChI is InChI=1S/C22H29NO3S/c1-16(2)27(25,26)15-17-7-9-19(10-8-17)22(24)14-13-20-12-11-18-5-3-4-6-21(18)23-20/h3-6,11-12,16-17,19H,7-10,13-15H2,1-2H3. The van der Waals surface area contributed by atoms with Crippen LogP contribution in [0.3, 0.4) is 0 Å². The molecule has 2 aromatic rings. The lowest BCUT2D eigenvalue weighted by Crippen LogP contribution is -2.28. The second-order valence-corrected chi connectivity index (χ2v) is 10.7. The Hall–Kier alpha value is -1.75. The molecule has 0 saturated heterocycles. The molecule has 0 radical (unpaired) electrons. The van der Waals surface area contributed by atoms with Gasteiger partial charge in [-0.15, -0.1) is 0 Å². The minimum absolute atomic E-state index is 0.0865. The van der Waals surface area contributed by atoms with Crippen molar-refractivity contribution in [3.05, 3.63) is 42.1 Å². The van der Waals surface area contributed by atoms with Crippen molar-refractivity contribution in [1.29, 1.82) is 0 Å². The van der Waals surface area contributed by atoms with Gasteiger partial charge in [0.2, 0.25) is 0 Å². The second-order valence-electron chi connectivity index (χ2n) is 8.06. The highest BCUT2D eigenvalue weighted by Crippen LogP contribution is 2.31. The van der Waals surface area contributed by atoms with E-state index in [1.807, 2.05) is 30.3 Å². The average molecular weight is 388 g/mol. The first kappa shape index (κ1) is 20.0. The summed E-state index contributed by atoms with van der Waals surface area (Å²) >= 11 is 0. The molecule has 1 heterocycles. The zero-order valence-electron chi connectivity index (χ0n) is 16.2. The van der Waals surface area contributed by atoms with Crippen LogP contribution in [0.25, 0.3) is 10.9 Å². The molecule has 0 atom stereocenters. The molecular formula is C22H29NO3S. The zero-order valence-corrected chi connectivity index (χ0v) is 17.0. The molecule has 0 amide bonds. The number of hydrogen-bond donors (Lipinski definition) is 0. The minimum Gasteiger partial charge on any atom is -0.299 e. The highest BCUT2D eigenvalue weighted by molar-refractivity contribution is 7.91. The summed E-state index contributed by atoms with van der Waals surface area (Å²) in [6, 6.07) is 12.1. The first-order valence-corrected chi connectivity index (χ1v) is 11.7. The fraction of sp³-hybridized carbons (Fsp3) is 0.545. The molecule has 0 N–H and O–H groups in total. The van der Waals surface area contributed by atoms with E-state index in [-0.39, 0.29) is 22.8 Å². The van der Waals surface area contributed by atoms with E-state index in [2.05, 4.69) is 11.1 Å². The lowest BCUT2D eigenvalue weighted by atomic mass is 9.80. The molecule has 5 heteroatoms. The average Bonchev–Trinajstić information content (AvgIpc) is 2.66. The molecule has 146 valence electrons. The largest absolute Gasteiger partial charge is 0.299 e. The SMILES string of the molecule is CC(C)S(=O)(=O)CC1CCC(C(=O)CCc2ccc3ccccc3n2)CC1. The predicted molar refractivity (Wildman–Crippen MR) is 109 cm³/mol. The Labute approximate surface area is 162 Å². The van der Waals surface area contributed by atoms with Crippen molar-refractivity contribution in [2.45, 2.75) is 57.6 Å². The van der Waals surface area contributed by atoms with E-state index in [1.165, 1.54) is 0 Å². The van der Waals surface area contributed by atoms with Gasteiger partial charge in [-0.3, -0.25) is 9.78 Å². The number of sulfone groups is 1. The van der Waals surface area contributed by atoms with Crippen LogP contribution in [0.1, 0.15) is 51.6 Å². The summed E-state index contributed by atoms with van der Waals surface area (Å²) in [6.07, 6.45) is 4.52. The number of rotatable bonds is 7. The van der Waals surface area contributed by atoms with E-state index in [4.69, 9.17) is 0 Å². The molecule has 0 spiro atoms. The van der Waals surface area contributed by atoms with E-state index >= 15 is 0 Å². The van der Waals surface area contributed by atoms with Gasteiger partial charge in [0, 0.05) is 23.4 Å². The Morgan fingerprint density at radius 3 is 2.48 bits per heavy atom. The van der Waals surface area contributed by atoms with Crippen LogP contribution in [-0.2, 0) is 21.1 Å². The summed E-state index contributed by atoms with van der Waals surface area (Å²) in [5.41, 5.74) is 1.92. The Morgan fingerprint density at radius 1 is 1.07 bits per heavy atom. The predicted octanol–water partition coefficient (Wildman–Crippen LogP) is 4.37.